The standard InChI is InChI=1S/C11H14FNO/c12-9-4-1-3-8(7-9)10-5-2-6-11(14)13-10/h1,3-4,7,10-11,13-14H,2,5-6H2. The average molecular weight is 195 g/mol. The van der Waals surface area contributed by atoms with Crippen LogP contribution in [-0.2, 0) is 0 Å². The predicted molar refractivity (Wildman–Crippen MR) is 52.1 cm³/mol. The van der Waals surface area contributed by atoms with E-state index in [1.165, 1.54) is 12.1 Å². The zero-order valence-corrected chi connectivity index (χ0v) is 7.91. The van der Waals surface area contributed by atoms with Gasteiger partial charge in [-0.05, 0) is 37.0 Å². The van der Waals surface area contributed by atoms with Gasteiger partial charge in [-0.15, -0.1) is 0 Å². The molecule has 76 valence electrons. The molecule has 3 heteroatoms. The third-order valence-corrected chi connectivity index (χ3v) is 2.61. The Morgan fingerprint density at radius 2 is 2.21 bits per heavy atom. The maximum Gasteiger partial charge on any atom is 0.123 e. The summed E-state index contributed by atoms with van der Waals surface area (Å²) < 4.78 is 12.9. The van der Waals surface area contributed by atoms with Crippen LogP contribution in [0.3, 0.4) is 0 Å². The van der Waals surface area contributed by atoms with E-state index in [0.717, 1.165) is 24.8 Å². The number of aliphatic hydroxyl groups excluding tert-OH is 1. The van der Waals surface area contributed by atoms with Gasteiger partial charge in [0, 0.05) is 6.04 Å². The van der Waals surface area contributed by atoms with Crippen LogP contribution >= 0.6 is 0 Å². The molecule has 0 aliphatic carbocycles. The van der Waals surface area contributed by atoms with Gasteiger partial charge in [0.05, 0.1) is 0 Å². The Bertz CT molecular complexity index is 316. The normalized spacial score (nSPS) is 27.6. The summed E-state index contributed by atoms with van der Waals surface area (Å²) >= 11 is 0. The van der Waals surface area contributed by atoms with E-state index in [4.69, 9.17) is 0 Å². The second-order valence-electron chi connectivity index (χ2n) is 3.72. The predicted octanol–water partition coefficient (Wildman–Crippen LogP) is 1.96. The smallest absolute Gasteiger partial charge is 0.123 e. The van der Waals surface area contributed by atoms with Gasteiger partial charge in [0.2, 0.25) is 0 Å². The lowest BCUT2D eigenvalue weighted by Crippen LogP contribution is -2.36. The summed E-state index contributed by atoms with van der Waals surface area (Å²) in [6, 6.07) is 6.64. The first-order chi connectivity index (χ1) is 6.75. The van der Waals surface area contributed by atoms with E-state index in [-0.39, 0.29) is 11.9 Å². The van der Waals surface area contributed by atoms with Crippen molar-refractivity contribution in [2.24, 2.45) is 0 Å². The van der Waals surface area contributed by atoms with Crippen molar-refractivity contribution >= 4 is 0 Å². The molecule has 1 heterocycles. The van der Waals surface area contributed by atoms with Gasteiger partial charge >= 0.3 is 0 Å². The molecule has 1 aliphatic heterocycles. The number of benzene rings is 1. The molecule has 0 radical (unpaired) electrons. The Balaban J connectivity index is 2.14. The van der Waals surface area contributed by atoms with Crippen molar-refractivity contribution in [1.29, 1.82) is 0 Å². The molecular weight excluding hydrogens is 181 g/mol. The van der Waals surface area contributed by atoms with Crippen LogP contribution in [0.5, 0.6) is 0 Å². The molecule has 2 rings (SSSR count). The van der Waals surface area contributed by atoms with Crippen molar-refractivity contribution in [3.63, 3.8) is 0 Å². The number of nitrogens with one attached hydrogen (secondary N) is 1. The van der Waals surface area contributed by atoms with E-state index < -0.39 is 6.23 Å². The van der Waals surface area contributed by atoms with Gasteiger partial charge in [0.1, 0.15) is 12.0 Å². The first kappa shape index (κ1) is 9.62. The summed E-state index contributed by atoms with van der Waals surface area (Å²) in [6.45, 7) is 0. The lowest BCUT2D eigenvalue weighted by Gasteiger charge is -2.28. The van der Waals surface area contributed by atoms with E-state index in [9.17, 15) is 9.50 Å². The summed E-state index contributed by atoms with van der Waals surface area (Å²) in [7, 11) is 0. The number of hydrogen-bond donors (Lipinski definition) is 2. The zero-order valence-electron chi connectivity index (χ0n) is 7.91. The molecule has 2 nitrogen and oxygen atoms in total. The fourth-order valence-electron chi connectivity index (χ4n) is 1.90. The van der Waals surface area contributed by atoms with Crippen LogP contribution in [0.15, 0.2) is 24.3 Å². The minimum atomic E-state index is -0.447. The van der Waals surface area contributed by atoms with E-state index in [2.05, 4.69) is 5.32 Å². The molecule has 0 bridgehead atoms. The Morgan fingerprint density at radius 1 is 1.36 bits per heavy atom. The molecule has 0 aromatic heterocycles. The first-order valence-corrected chi connectivity index (χ1v) is 4.95. The Morgan fingerprint density at radius 3 is 2.93 bits per heavy atom. The highest BCUT2D eigenvalue weighted by atomic mass is 19.1. The van der Waals surface area contributed by atoms with Crippen molar-refractivity contribution < 1.29 is 9.50 Å². The van der Waals surface area contributed by atoms with E-state index >= 15 is 0 Å². The van der Waals surface area contributed by atoms with Crippen molar-refractivity contribution in [3.05, 3.63) is 35.6 Å². The molecule has 2 atom stereocenters. The van der Waals surface area contributed by atoms with Crippen molar-refractivity contribution in [1.82, 2.24) is 5.32 Å². The number of hydrogen-bond acceptors (Lipinski definition) is 2. The van der Waals surface area contributed by atoms with Gasteiger partial charge < -0.3 is 5.11 Å². The second kappa shape index (κ2) is 4.07. The van der Waals surface area contributed by atoms with Crippen molar-refractivity contribution in [2.75, 3.05) is 0 Å². The second-order valence-corrected chi connectivity index (χ2v) is 3.72. The third kappa shape index (κ3) is 2.11. The highest BCUT2D eigenvalue weighted by Gasteiger charge is 2.20. The lowest BCUT2D eigenvalue weighted by molar-refractivity contribution is 0.0852. The molecule has 0 saturated carbocycles. The summed E-state index contributed by atoms with van der Waals surface area (Å²) in [4.78, 5) is 0. The number of halogens is 1. The van der Waals surface area contributed by atoms with Crippen LogP contribution in [0.4, 0.5) is 4.39 Å². The molecule has 1 aromatic carbocycles. The highest BCUT2D eigenvalue weighted by Crippen LogP contribution is 2.24. The van der Waals surface area contributed by atoms with Gasteiger partial charge in [-0.1, -0.05) is 12.1 Å². The number of piperidine rings is 1. The third-order valence-electron chi connectivity index (χ3n) is 2.61. The number of aliphatic hydroxyl groups is 1. The topological polar surface area (TPSA) is 32.3 Å². The summed E-state index contributed by atoms with van der Waals surface area (Å²) in [5.74, 6) is -0.218. The average Bonchev–Trinajstić information content (AvgIpc) is 2.18. The van der Waals surface area contributed by atoms with Crippen LogP contribution in [0, 0.1) is 5.82 Å². The quantitative estimate of drug-likeness (QED) is 0.718. The molecule has 1 fully saturated rings. The summed E-state index contributed by atoms with van der Waals surface area (Å²) in [5.41, 5.74) is 0.920. The van der Waals surface area contributed by atoms with Gasteiger partial charge in [-0.3, -0.25) is 5.32 Å². The molecule has 0 spiro atoms. The van der Waals surface area contributed by atoms with Crippen LogP contribution in [0.25, 0.3) is 0 Å². The summed E-state index contributed by atoms with van der Waals surface area (Å²) in [5, 5.41) is 12.5. The zero-order chi connectivity index (χ0) is 9.97. The van der Waals surface area contributed by atoms with E-state index in [0.29, 0.717) is 0 Å². The Labute approximate surface area is 82.8 Å². The Hall–Kier alpha value is -0.930. The minimum absolute atomic E-state index is 0.0921. The van der Waals surface area contributed by atoms with Crippen LogP contribution < -0.4 is 5.32 Å². The molecule has 1 aliphatic rings. The van der Waals surface area contributed by atoms with Crippen LogP contribution in [0.1, 0.15) is 30.9 Å². The molecule has 1 aromatic rings. The molecule has 1 saturated heterocycles. The van der Waals surface area contributed by atoms with Gasteiger partial charge in [-0.25, -0.2) is 4.39 Å². The fourth-order valence-corrected chi connectivity index (χ4v) is 1.90. The molecular formula is C11H14FNO. The maximum atomic E-state index is 12.9. The van der Waals surface area contributed by atoms with Crippen LogP contribution in [0.2, 0.25) is 0 Å². The van der Waals surface area contributed by atoms with Crippen molar-refractivity contribution in [2.45, 2.75) is 31.5 Å². The molecule has 0 amide bonds. The molecule has 14 heavy (non-hydrogen) atoms. The maximum absolute atomic E-state index is 12.9. The largest absolute Gasteiger partial charge is 0.379 e. The van der Waals surface area contributed by atoms with Crippen LogP contribution in [-0.4, -0.2) is 11.3 Å². The monoisotopic (exact) mass is 195 g/mol. The summed E-state index contributed by atoms with van der Waals surface area (Å²) in [6.07, 6.45) is 2.28. The Kier molecular flexibility index (Phi) is 2.79. The van der Waals surface area contributed by atoms with Gasteiger partial charge in [0.25, 0.3) is 0 Å². The molecule has 2 unspecified atom stereocenters. The molecule has 2 N–H and O–H groups in total. The number of rotatable bonds is 1. The van der Waals surface area contributed by atoms with Gasteiger partial charge in [-0.2, -0.15) is 0 Å². The van der Waals surface area contributed by atoms with E-state index in [1.54, 1.807) is 6.07 Å². The SMILES string of the molecule is OC1CCCC(c2cccc(F)c2)N1. The fraction of sp³-hybridized carbons (Fsp3) is 0.455. The van der Waals surface area contributed by atoms with Gasteiger partial charge in [0.15, 0.2) is 0 Å². The highest BCUT2D eigenvalue weighted by molar-refractivity contribution is 5.20. The minimum Gasteiger partial charge on any atom is -0.379 e. The van der Waals surface area contributed by atoms with E-state index in [1.807, 2.05) is 6.07 Å². The lowest BCUT2D eigenvalue weighted by atomic mass is 9.97. The van der Waals surface area contributed by atoms with Crippen molar-refractivity contribution in [3.8, 4) is 0 Å². The first-order valence-electron chi connectivity index (χ1n) is 4.95.